The maximum atomic E-state index is 13.4. The SMILES string of the molecule is COC1(C(N)Cc2cccc(F)c2Br)CCC1. The van der Waals surface area contributed by atoms with Crippen LogP contribution in [-0.4, -0.2) is 18.8 Å². The number of benzene rings is 1. The molecule has 94 valence electrons. The molecule has 2 nitrogen and oxygen atoms in total. The Hall–Kier alpha value is -0.450. The fourth-order valence-electron chi connectivity index (χ4n) is 2.38. The second kappa shape index (κ2) is 5.04. The molecule has 0 spiro atoms. The zero-order chi connectivity index (χ0) is 12.5. The number of hydrogen-bond acceptors (Lipinski definition) is 2. The molecule has 1 atom stereocenters. The summed E-state index contributed by atoms with van der Waals surface area (Å²) in [5.41, 5.74) is 6.91. The van der Waals surface area contributed by atoms with Gasteiger partial charge in [-0.1, -0.05) is 12.1 Å². The van der Waals surface area contributed by atoms with E-state index in [4.69, 9.17) is 10.5 Å². The molecule has 0 amide bonds. The summed E-state index contributed by atoms with van der Waals surface area (Å²) >= 11 is 3.27. The second-order valence-corrected chi connectivity index (χ2v) is 5.44. The van der Waals surface area contributed by atoms with Gasteiger partial charge in [-0.15, -0.1) is 0 Å². The average molecular weight is 302 g/mol. The van der Waals surface area contributed by atoms with Crippen molar-refractivity contribution in [2.45, 2.75) is 37.3 Å². The molecule has 0 saturated heterocycles. The van der Waals surface area contributed by atoms with Crippen LogP contribution in [0.1, 0.15) is 24.8 Å². The van der Waals surface area contributed by atoms with Crippen molar-refractivity contribution in [3.63, 3.8) is 0 Å². The summed E-state index contributed by atoms with van der Waals surface area (Å²) < 4.78 is 19.4. The minimum absolute atomic E-state index is 0.0839. The van der Waals surface area contributed by atoms with Gasteiger partial charge < -0.3 is 10.5 Å². The largest absolute Gasteiger partial charge is 0.377 e. The topological polar surface area (TPSA) is 35.2 Å². The molecule has 1 aromatic rings. The zero-order valence-electron chi connectivity index (χ0n) is 9.88. The van der Waals surface area contributed by atoms with Crippen molar-refractivity contribution in [1.82, 2.24) is 0 Å². The highest BCUT2D eigenvalue weighted by Crippen LogP contribution is 2.38. The third kappa shape index (κ3) is 2.39. The van der Waals surface area contributed by atoms with Crippen LogP contribution in [0.2, 0.25) is 0 Å². The summed E-state index contributed by atoms with van der Waals surface area (Å²) in [4.78, 5) is 0. The lowest BCUT2D eigenvalue weighted by atomic mass is 9.73. The molecule has 0 heterocycles. The van der Waals surface area contributed by atoms with Gasteiger partial charge in [-0.25, -0.2) is 4.39 Å². The van der Waals surface area contributed by atoms with Crippen molar-refractivity contribution < 1.29 is 9.13 Å². The monoisotopic (exact) mass is 301 g/mol. The fraction of sp³-hybridized carbons (Fsp3) is 0.538. The van der Waals surface area contributed by atoms with Gasteiger partial charge in [0.2, 0.25) is 0 Å². The van der Waals surface area contributed by atoms with Crippen LogP contribution < -0.4 is 5.73 Å². The maximum absolute atomic E-state index is 13.4. The molecule has 4 heteroatoms. The second-order valence-electron chi connectivity index (χ2n) is 4.65. The van der Waals surface area contributed by atoms with Gasteiger partial charge in [0, 0.05) is 13.2 Å². The van der Waals surface area contributed by atoms with Gasteiger partial charge in [0.05, 0.1) is 10.1 Å². The maximum Gasteiger partial charge on any atom is 0.137 e. The first-order valence-electron chi connectivity index (χ1n) is 5.83. The average Bonchev–Trinajstić information content (AvgIpc) is 2.24. The lowest BCUT2D eigenvalue weighted by molar-refractivity contribution is -0.0897. The molecule has 0 bridgehead atoms. The molecule has 17 heavy (non-hydrogen) atoms. The molecule has 0 aromatic heterocycles. The van der Waals surface area contributed by atoms with Crippen molar-refractivity contribution in [2.75, 3.05) is 7.11 Å². The van der Waals surface area contributed by atoms with Crippen molar-refractivity contribution in [3.05, 3.63) is 34.1 Å². The van der Waals surface area contributed by atoms with Crippen LogP contribution in [0.15, 0.2) is 22.7 Å². The van der Waals surface area contributed by atoms with E-state index in [1.807, 2.05) is 6.07 Å². The van der Waals surface area contributed by atoms with Crippen molar-refractivity contribution >= 4 is 15.9 Å². The molecule has 1 aliphatic carbocycles. The Bertz CT molecular complexity index is 401. The number of hydrogen-bond donors (Lipinski definition) is 1. The molecule has 1 aliphatic rings. The summed E-state index contributed by atoms with van der Waals surface area (Å²) in [6.07, 6.45) is 3.78. The summed E-state index contributed by atoms with van der Waals surface area (Å²) in [5, 5.41) is 0. The van der Waals surface area contributed by atoms with E-state index in [-0.39, 0.29) is 17.5 Å². The highest BCUT2D eigenvalue weighted by molar-refractivity contribution is 9.10. The normalized spacial score (nSPS) is 19.8. The number of rotatable bonds is 4. The third-order valence-electron chi connectivity index (χ3n) is 3.75. The lowest BCUT2D eigenvalue weighted by Gasteiger charge is -2.45. The van der Waals surface area contributed by atoms with E-state index in [1.165, 1.54) is 6.07 Å². The van der Waals surface area contributed by atoms with Crippen LogP contribution >= 0.6 is 15.9 Å². The van der Waals surface area contributed by atoms with E-state index in [0.29, 0.717) is 10.9 Å². The number of ether oxygens (including phenoxy) is 1. The zero-order valence-corrected chi connectivity index (χ0v) is 11.5. The van der Waals surface area contributed by atoms with Crippen LogP contribution in [0.25, 0.3) is 0 Å². The quantitative estimate of drug-likeness (QED) is 0.928. The smallest absolute Gasteiger partial charge is 0.137 e. The Kier molecular flexibility index (Phi) is 3.85. The van der Waals surface area contributed by atoms with Gasteiger partial charge >= 0.3 is 0 Å². The standard InChI is InChI=1S/C13H17BrFNO/c1-17-13(6-3-7-13)11(16)8-9-4-2-5-10(15)12(9)14/h2,4-5,11H,3,6-8,16H2,1H3. The molecule has 1 aromatic carbocycles. The van der Waals surface area contributed by atoms with Gasteiger partial charge in [0.15, 0.2) is 0 Å². The number of nitrogens with two attached hydrogens (primary N) is 1. The van der Waals surface area contributed by atoms with Gasteiger partial charge in [-0.05, 0) is 53.2 Å². The highest BCUT2D eigenvalue weighted by atomic mass is 79.9. The molecule has 2 N–H and O–H groups in total. The van der Waals surface area contributed by atoms with E-state index >= 15 is 0 Å². The van der Waals surface area contributed by atoms with Gasteiger partial charge in [-0.3, -0.25) is 0 Å². The van der Waals surface area contributed by atoms with Crippen molar-refractivity contribution in [2.24, 2.45) is 5.73 Å². The Labute approximate surface area is 109 Å². The first-order chi connectivity index (χ1) is 8.09. The minimum Gasteiger partial charge on any atom is -0.377 e. The molecule has 2 rings (SSSR count). The van der Waals surface area contributed by atoms with Crippen LogP contribution in [0.5, 0.6) is 0 Å². The van der Waals surface area contributed by atoms with E-state index in [0.717, 1.165) is 24.8 Å². The Morgan fingerprint density at radius 2 is 2.24 bits per heavy atom. The summed E-state index contributed by atoms with van der Waals surface area (Å²) in [5.74, 6) is -0.241. The van der Waals surface area contributed by atoms with Gasteiger partial charge in [0.1, 0.15) is 5.82 Å². The first kappa shape index (κ1) is 13.0. The van der Waals surface area contributed by atoms with E-state index in [2.05, 4.69) is 15.9 Å². The van der Waals surface area contributed by atoms with E-state index < -0.39 is 0 Å². The molecule has 1 saturated carbocycles. The van der Waals surface area contributed by atoms with Crippen LogP contribution in [0.4, 0.5) is 4.39 Å². The highest BCUT2D eigenvalue weighted by Gasteiger charge is 2.42. The number of halogens is 2. The van der Waals surface area contributed by atoms with Crippen molar-refractivity contribution in [1.29, 1.82) is 0 Å². The fourth-order valence-corrected chi connectivity index (χ4v) is 2.81. The molecule has 1 unspecified atom stereocenters. The van der Waals surface area contributed by atoms with E-state index in [1.54, 1.807) is 13.2 Å². The summed E-state index contributed by atoms with van der Waals surface area (Å²) in [6, 6.07) is 4.96. The Balaban J connectivity index is 2.13. The summed E-state index contributed by atoms with van der Waals surface area (Å²) in [7, 11) is 1.71. The van der Waals surface area contributed by atoms with Crippen LogP contribution in [-0.2, 0) is 11.2 Å². The summed E-state index contributed by atoms with van der Waals surface area (Å²) in [6.45, 7) is 0. The Morgan fingerprint density at radius 1 is 1.53 bits per heavy atom. The van der Waals surface area contributed by atoms with Crippen molar-refractivity contribution in [3.8, 4) is 0 Å². The van der Waals surface area contributed by atoms with Crippen LogP contribution in [0, 0.1) is 5.82 Å². The van der Waals surface area contributed by atoms with Crippen LogP contribution in [0.3, 0.4) is 0 Å². The van der Waals surface area contributed by atoms with Gasteiger partial charge in [0.25, 0.3) is 0 Å². The Morgan fingerprint density at radius 3 is 2.76 bits per heavy atom. The number of methoxy groups -OCH3 is 1. The predicted octanol–water partition coefficient (Wildman–Crippen LogP) is 3.03. The first-order valence-corrected chi connectivity index (χ1v) is 6.62. The third-order valence-corrected chi connectivity index (χ3v) is 4.64. The molecule has 0 radical (unpaired) electrons. The van der Waals surface area contributed by atoms with Gasteiger partial charge in [-0.2, -0.15) is 0 Å². The molecular formula is C13H17BrFNO. The lowest BCUT2D eigenvalue weighted by Crippen LogP contribution is -2.55. The molecular weight excluding hydrogens is 285 g/mol. The predicted molar refractivity (Wildman–Crippen MR) is 69.4 cm³/mol. The van der Waals surface area contributed by atoms with E-state index in [9.17, 15) is 4.39 Å². The minimum atomic E-state index is -0.241. The molecule has 1 fully saturated rings. The molecule has 0 aliphatic heterocycles.